The van der Waals surface area contributed by atoms with Gasteiger partial charge in [-0.05, 0) is 83.1 Å². The minimum absolute atomic E-state index is 0.348. The highest BCUT2D eigenvalue weighted by Gasteiger charge is 2.08. The predicted octanol–water partition coefficient (Wildman–Crippen LogP) is 4.12. The molecular formula is C16H21Br2NO3. The average molecular weight is 435 g/mol. The van der Waals surface area contributed by atoms with E-state index in [-0.39, 0.29) is 5.97 Å². The molecule has 0 aliphatic carbocycles. The number of hydrogen-bond acceptors (Lipinski definition) is 4. The number of carbonyl (C=O) groups is 1. The first kappa shape index (κ1) is 19.2. The van der Waals surface area contributed by atoms with E-state index in [0.717, 1.165) is 33.2 Å². The normalized spacial score (nSPS) is 11.2. The average Bonchev–Trinajstić information content (AvgIpc) is 2.43. The fraction of sp³-hybridized carbons (Fsp3) is 0.438. The van der Waals surface area contributed by atoms with Crippen LogP contribution in [0.3, 0.4) is 0 Å². The van der Waals surface area contributed by atoms with Crippen molar-refractivity contribution >= 4 is 43.9 Å². The molecule has 1 aromatic carbocycles. The summed E-state index contributed by atoms with van der Waals surface area (Å²) in [5.74, 6) is 0.422. The van der Waals surface area contributed by atoms with Crippen LogP contribution in [-0.2, 0) is 9.53 Å². The van der Waals surface area contributed by atoms with Gasteiger partial charge >= 0.3 is 5.97 Å². The maximum atomic E-state index is 11.3. The van der Waals surface area contributed by atoms with Crippen molar-refractivity contribution in [1.29, 1.82) is 0 Å². The van der Waals surface area contributed by atoms with Gasteiger partial charge < -0.3 is 14.4 Å². The van der Waals surface area contributed by atoms with Gasteiger partial charge in [-0.25, -0.2) is 4.79 Å². The summed E-state index contributed by atoms with van der Waals surface area (Å²) in [6.45, 7) is 3.78. The van der Waals surface area contributed by atoms with Gasteiger partial charge in [-0.2, -0.15) is 0 Å². The Hall–Kier alpha value is -0.850. The van der Waals surface area contributed by atoms with Gasteiger partial charge in [0.05, 0.1) is 22.2 Å². The van der Waals surface area contributed by atoms with Crippen molar-refractivity contribution in [3.63, 3.8) is 0 Å². The number of benzene rings is 1. The maximum Gasteiger partial charge on any atom is 0.330 e. The first-order valence-corrected chi connectivity index (χ1v) is 8.64. The molecule has 0 saturated carbocycles. The molecule has 0 spiro atoms. The van der Waals surface area contributed by atoms with Crippen molar-refractivity contribution in [3.8, 4) is 5.75 Å². The van der Waals surface area contributed by atoms with Crippen LogP contribution in [-0.4, -0.2) is 44.7 Å². The van der Waals surface area contributed by atoms with E-state index >= 15 is 0 Å². The van der Waals surface area contributed by atoms with Gasteiger partial charge in [0.2, 0.25) is 0 Å². The van der Waals surface area contributed by atoms with Crippen LogP contribution < -0.4 is 4.74 Å². The Morgan fingerprint density at radius 2 is 1.91 bits per heavy atom. The van der Waals surface area contributed by atoms with Gasteiger partial charge in [-0.3, -0.25) is 0 Å². The molecule has 22 heavy (non-hydrogen) atoms. The molecule has 0 heterocycles. The molecule has 0 aromatic heterocycles. The van der Waals surface area contributed by atoms with E-state index in [1.165, 1.54) is 6.08 Å². The van der Waals surface area contributed by atoms with Crippen LogP contribution >= 0.6 is 31.9 Å². The van der Waals surface area contributed by atoms with Gasteiger partial charge in [0.15, 0.2) is 0 Å². The molecular weight excluding hydrogens is 414 g/mol. The second-order valence-corrected chi connectivity index (χ2v) is 6.61. The smallest absolute Gasteiger partial charge is 0.330 e. The molecule has 0 amide bonds. The molecule has 4 nitrogen and oxygen atoms in total. The van der Waals surface area contributed by atoms with Crippen LogP contribution in [0, 0.1) is 0 Å². The summed E-state index contributed by atoms with van der Waals surface area (Å²) >= 11 is 7.00. The quantitative estimate of drug-likeness (QED) is 0.350. The summed E-state index contributed by atoms with van der Waals surface area (Å²) in [5.41, 5.74) is 0.882. The molecule has 122 valence electrons. The molecule has 0 bridgehead atoms. The highest BCUT2D eigenvalue weighted by atomic mass is 79.9. The molecule has 6 heteroatoms. The lowest BCUT2D eigenvalue weighted by molar-refractivity contribution is -0.137. The van der Waals surface area contributed by atoms with Gasteiger partial charge in [-0.1, -0.05) is 0 Å². The largest absolute Gasteiger partial charge is 0.491 e. The number of esters is 1. The topological polar surface area (TPSA) is 38.8 Å². The number of carbonyl (C=O) groups excluding carboxylic acids is 1. The van der Waals surface area contributed by atoms with Crippen molar-refractivity contribution in [2.75, 3.05) is 33.9 Å². The Kier molecular flexibility index (Phi) is 8.75. The standard InChI is InChI=1S/C16H21Br2NO3/c1-4-21-15(20)7-6-12-10-13(17)16(14(18)11-12)22-9-5-8-19(2)3/h6-7,10-11H,4-5,8-9H2,1-3H3. The van der Waals surface area contributed by atoms with Crippen LogP contribution in [0.2, 0.25) is 0 Å². The van der Waals surface area contributed by atoms with E-state index in [0.29, 0.717) is 13.2 Å². The highest BCUT2D eigenvalue weighted by molar-refractivity contribution is 9.11. The van der Waals surface area contributed by atoms with Crippen molar-refractivity contribution < 1.29 is 14.3 Å². The van der Waals surface area contributed by atoms with E-state index in [2.05, 4.69) is 36.8 Å². The molecule has 0 atom stereocenters. The maximum absolute atomic E-state index is 11.3. The van der Waals surface area contributed by atoms with Gasteiger partial charge in [0.1, 0.15) is 5.75 Å². The molecule has 1 rings (SSSR count). The zero-order valence-corrected chi connectivity index (χ0v) is 16.2. The Labute approximate surface area is 148 Å². The number of ether oxygens (including phenoxy) is 2. The van der Waals surface area contributed by atoms with Crippen LogP contribution in [0.15, 0.2) is 27.2 Å². The summed E-state index contributed by atoms with van der Waals surface area (Å²) < 4.78 is 12.3. The zero-order chi connectivity index (χ0) is 16.5. The van der Waals surface area contributed by atoms with Crippen LogP contribution in [0.4, 0.5) is 0 Å². The fourth-order valence-electron chi connectivity index (χ4n) is 1.72. The van der Waals surface area contributed by atoms with Gasteiger partial charge in [0.25, 0.3) is 0 Å². The Bertz CT molecular complexity index is 507. The molecule has 0 N–H and O–H groups in total. The zero-order valence-electron chi connectivity index (χ0n) is 13.1. The first-order valence-electron chi connectivity index (χ1n) is 7.05. The summed E-state index contributed by atoms with van der Waals surface area (Å²) in [7, 11) is 4.08. The van der Waals surface area contributed by atoms with Gasteiger partial charge in [-0.15, -0.1) is 0 Å². The van der Waals surface area contributed by atoms with Crippen molar-refractivity contribution in [2.24, 2.45) is 0 Å². The second-order valence-electron chi connectivity index (χ2n) is 4.90. The number of nitrogens with zero attached hydrogens (tertiary/aromatic N) is 1. The van der Waals surface area contributed by atoms with E-state index in [1.807, 2.05) is 26.2 Å². The molecule has 1 aromatic rings. The Morgan fingerprint density at radius 3 is 2.45 bits per heavy atom. The lowest BCUT2D eigenvalue weighted by Gasteiger charge is -2.13. The number of hydrogen-bond donors (Lipinski definition) is 0. The summed E-state index contributed by atoms with van der Waals surface area (Å²) in [6, 6.07) is 3.81. The summed E-state index contributed by atoms with van der Waals surface area (Å²) in [5, 5.41) is 0. The second kappa shape index (κ2) is 10.0. The lowest BCUT2D eigenvalue weighted by Crippen LogP contribution is -2.15. The van der Waals surface area contributed by atoms with Crippen LogP contribution in [0.25, 0.3) is 6.08 Å². The first-order chi connectivity index (χ1) is 10.4. The van der Waals surface area contributed by atoms with Crippen LogP contribution in [0.1, 0.15) is 18.9 Å². The third kappa shape index (κ3) is 6.94. The minimum atomic E-state index is -0.348. The molecule has 0 aliphatic heterocycles. The monoisotopic (exact) mass is 433 g/mol. The number of halogens is 2. The van der Waals surface area contributed by atoms with Crippen molar-refractivity contribution in [1.82, 2.24) is 4.90 Å². The van der Waals surface area contributed by atoms with Crippen molar-refractivity contribution in [3.05, 3.63) is 32.7 Å². The lowest BCUT2D eigenvalue weighted by atomic mass is 10.2. The molecule has 0 fully saturated rings. The van der Waals surface area contributed by atoms with E-state index < -0.39 is 0 Å². The number of rotatable bonds is 8. The third-order valence-corrected chi connectivity index (χ3v) is 3.89. The molecule has 0 saturated heterocycles. The Morgan fingerprint density at radius 1 is 1.27 bits per heavy atom. The summed E-state index contributed by atoms with van der Waals surface area (Å²) in [6.07, 6.45) is 4.08. The predicted molar refractivity (Wildman–Crippen MR) is 96.2 cm³/mol. The SMILES string of the molecule is CCOC(=O)C=Cc1cc(Br)c(OCCCN(C)C)c(Br)c1. The van der Waals surface area contributed by atoms with Crippen molar-refractivity contribution in [2.45, 2.75) is 13.3 Å². The molecule has 0 aliphatic rings. The van der Waals surface area contributed by atoms with E-state index in [4.69, 9.17) is 9.47 Å². The van der Waals surface area contributed by atoms with E-state index in [9.17, 15) is 4.79 Å². The minimum Gasteiger partial charge on any atom is -0.491 e. The Balaban J connectivity index is 2.69. The highest BCUT2D eigenvalue weighted by Crippen LogP contribution is 2.35. The third-order valence-electron chi connectivity index (χ3n) is 2.72. The van der Waals surface area contributed by atoms with E-state index in [1.54, 1.807) is 13.0 Å². The van der Waals surface area contributed by atoms with Crippen LogP contribution in [0.5, 0.6) is 5.75 Å². The fourth-order valence-corrected chi connectivity index (χ4v) is 3.17. The molecule has 0 radical (unpaired) electrons. The van der Waals surface area contributed by atoms with Gasteiger partial charge in [0, 0.05) is 12.6 Å². The molecule has 0 unspecified atom stereocenters. The summed E-state index contributed by atoms with van der Waals surface area (Å²) in [4.78, 5) is 13.4.